The van der Waals surface area contributed by atoms with Crippen molar-refractivity contribution in [1.29, 1.82) is 0 Å². The molecule has 0 fully saturated rings. The summed E-state index contributed by atoms with van der Waals surface area (Å²) in [5.74, 6) is 2.26. The second kappa shape index (κ2) is 7.62. The van der Waals surface area contributed by atoms with Gasteiger partial charge in [0.25, 0.3) is 0 Å². The fourth-order valence-corrected chi connectivity index (χ4v) is 3.50. The first kappa shape index (κ1) is 14.5. The van der Waals surface area contributed by atoms with Crippen molar-refractivity contribution in [3.05, 3.63) is 65.7 Å². The molecule has 100 valence electrons. The number of rotatable bonds is 6. The van der Waals surface area contributed by atoms with Gasteiger partial charge in [0.1, 0.15) is 0 Å². The summed E-state index contributed by atoms with van der Waals surface area (Å²) in [7, 11) is 0. The summed E-state index contributed by atoms with van der Waals surface area (Å²) in [5, 5.41) is 0. The van der Waals surface area contributed by atoms with E-state index in [0.717, 1.165) is 12.2 Å². The van der Waals surface area contributed by atoms with Gasteiger partial charge in [-0.25, -0.2) is 0 Å². The van der Waals surface area contributed by atoms with Crippen LogP contribution in [0.2, 0.25) is 0 Å². The van der Waals surface area contributed by atoms with Crippen LogP contribution in [-0.2, 0) is 0 Å². The molecule has 0 nitrogen and oxygen atoms in total. The van der Waals surface area contributed by atoms with E-state index in [1.165, 1.54) is 16.0 Å². The van der Waals surface area contributed by atoms with Crippen LogP contribution in [0.3, 0.4) is 0 Å². The number of aryl methyl sites for hydroxylation is 1. The van der Waals surface area contributed by atoms with Gasteiger partial charge in [-0.05, 0) is 48.3 Å². The molecule has 2 aromatic carbocycles. The Bertz CT molecular complexity index is 496. The van der Waals surface area contributed by atoms with Gasteiger partial charge in [0.15, 0.2) is 0 Å². The number of benzene rings is 2. The molecule has 2 aromatic rings. The maximum atomic E-state index is 6.15. The van der Waals surface area contributed by atoms with Crippen LogP contribution < -0.4 is 0 Å². The van der Waals surface area contributed by atoms with E-state index in [-0.39, 0.29) is 0 Å². The number of alkyl halides is 1. The van der Waals surface area contributed by atoms with Crippen LogP contribution in [-0.4, -0.2) is 11.6 Å². The van der Waals surface area contributed by atoms with Crippen LogP contribution in [0, 0.1) is 6.92 Å². The minimum Gasteiger partial charge on any atom is -0.126 e. The van der Waals surface area contributed by atoms with Crippen molar-refractivity contribution in [3.8, 4) is 0 Å². The Kier molecular flexibility index (Phi) is 5.81. The zero-order valence-corrected chi connectivity index (χ0v) is 12.8. The molecule has 0 radical (unpaired) electrons. The summed E-state index contributed by atoms with van der Waals surface area (Å²) < 4.78 is 0. The van der Waals surface area contributed by atoms with Gasteiger partial charge in [-0.1, -0.05) is 42.5 Å². The van der Waals surface area contributed by atoms with Crippen molar-refractivity contribution < 1.29 is 0 Å². The van der Waals surface area contributed by atoms with E-state index in [1.54, 1.807) is 0 Å². The molecule has 1 unspecified atom stereocenters. The predicted octanol–water partition coefficient (Wildman–Crippen LogP) is 5.50. The van der Waals surface area contributed by atoms with Gasteiger partial charge >= 0.3 is 0 Å². The molecule has 0 aromatic heterocycles. The highest BCUT2D eigenvalue weighted by atomic mass is 35.5. The molecule has 0 heterocycles. The summed E-state index contributed by atoms with van der Waals surface area (Å²) in [6, 6.07) is 19.1. The van der Waals surface area contributed by atoms with Crippen LogP contribution in [0.4, 0.5) is 0 Å². The molecule has 0 N–H and O–H groups in total. The lowest BCUT2D eigenvalue weighted by Gasteiger charge is -2.16. The van der Waals surface area contributed by atoms with Crippen molar-refractivity contribution in [2.24, 2.45) is 0 Å². The van der Waals surface area contributed by atoms with Crippen molar-refractivity contribution >= 4 is 23.4 Å². The quantitative estimate of drug-likeness (QED) is 0.500. The minimum absolute atomic E-state index is 0.457. The zero-order valence-electron chi connectivity index (χ0n) is 11.2. The van der Waals surface area contributed by atoms with Gasteiger partial charge in [0.05, 0.1) is 0 Å². The molecular formula is C17H19ClS. The molecule has 1 atom stereocenters. The molecule has 2 heteroatoms. The minimum atomic E-state index is 0.457. The number of thioether (sulfide) groups is 1. The molecule has 0 aliphatic rings. The highest BCUT2D eigenvalue weighted by Crippen LogP contribution is 2.28. The Hall–Kier alpha value is -0.920. The van der Waals surface area contributed by atoms with Crippen LogP contribution in [0.1, 0.15) is 23.5 Å². The third kappa shape index (κ3) is 4.29. The summed E-state index contributed by atoms with van der Waals surface area (Å²) >= 11 is 8.05. The van der Waals surface area contributed by atoms with Crippen molar-refractivity contribution in [3.63, 3.8) is 0 Å². The summed E-state index contributed by atoms with van der Waals surface area (Å²) in [4.78, 5) is 1.33. The molecule has 0 saturated carbocycles. The predicted molar refractivity (Wildman–Crippen MR) is 86.4 cm³/mol. The normalized spacial score (nSPS) is 12.3. The van der Waals surface area contributed by atoms with Gasteiger partial charge in [-0.3, -0.25) is 0 Å². The molecule has 0 saturated heterocycles. The van der Waals surface area contributed by atoms with Crippen LogP contribution in [0.15, 0.2) is 59.5 Å². The van der Waals surface area contributed by atoms with E-state index in [2.05, 4.69) is 61.5 Å². The summed E-state index contributed by atoms with van der Waals surface area (Å²) in [6.07, 6.45) is 1.12. The Morgan fingerprint density at radius 2 is 1.68 bits per heavy atom. The Labute approximate surface area is 125 Å². The SMILES string of the molecule is Cc1ccccc1C(CCl)CCSc1ccccc1. The van der Waals surface area contributed by atoms with E-state index in [9.17, 15) is 0 Å². The second-order valence-electron chi connectivity index (χ2n) is 4.66. The third-order valence-corrected chi connectivity index (χ3v) is 4.71. The molecule has 0 spiro atoms. The van der Waals surface area contributed by atoms with Crippen LogP contribution >= 0.6 is 23.4 Å². The van der Waals surface area contributed by atoms with E-state index < -0.39 is 0 Å². The number of halogens is 1. The first-order valence-electron chi connectivity index (χ1n) is 6.60. The lowest BCUT2D eigenvalue weighted by atomic mass is 9.94. The van der Waals surface area contributed by atoms with Crippen LogP contribution in [0.5, 0.6) is 0 Å². The Morgan fingerprint density at radius 3 is 2.37 bits per heavy atom. The molecule has 19 heavy (non-hydrogen) atoms. The number of hydrogen-bond acceptors (Lipinski definition) is 1. The fraction of sp³-hybridized carbons (Fsp3) is 0.294. The topological polar surface area (TPSA) is 0 Å². The number of hydrogen-bond donors (Lipinski definition) is 0. The average molecular weight is 291 g/mol. The third-order valence-electron chi connectivity index (χ3n) is 3.29. The highest BCUT2D eigenvalue weighted by molar-refractivity contribution is 7.99. The van der Waals surface area contributed by atoms with Crippen LogP contribution in [0.25, 0.3) is 0 Å². The highest BCUT2D eigenvalue weighted by Gasteiger charge is 2.12. The van der Waals surface area contributed by atoms with E-state index in [1.807, 2.05) is 11.8 Å². The molecule has 0 bridgehead atoms. The fourth-order valence-electron chi connectivity index (χ4n) is 2.20. The Morgan fingerprint density at radius 1 is 1.00 bits per heavy atom. The average Bonchev–Trinajstić information content (AvgIpc) is 2.46. The Balaban J connectivity index is 1.92. The lowest BCUT2D eigenvalue weighted by Crippen LogP contribution is -2.04. The van der Waals surface area contributed by atoms with E-state index in [4.69, 9.17) is 11.6 Å². The molecular weight excluding hydrogens is 272 g/mol. The monoisotopic (exact) mass is 290 g/mol. The van der Waals surface area contributed by atoms with Gasteiger partial charge in [0.2, 0.25) is 0 Å². The summed E-state index contributed by atoms with van der Waals surface area (Å²) in [6.45, 7) is 2.17. The van der Waals surface area contributed by atoms with Crippen molar-refractivity contribution in [2.45, 2.75) is 24.2 Å². The maximum Gasteiger partial charge on any atom is 0.0292 e. The zero-order chi connectivity index (χ0) is 13.5. The lowest BCUT2D eigenvalue weighted by molar-refractivity contribution is 0.742. The first-order valence-corrected chi connectivity index (χ1v) is 8.12. The molecule has 0 aliphatic carbocycles. The maximum absolute atomic E-state index is 6.15. The first-order chi connectivity index (χ1) is 9.31. The van der Waals surface area contributed by atoms with Gasteiger partial charge < -0.3 is 0 Å². The molecule has 0 amide bonds. The van der Waals surface area contributed by atoms with Gasteiger partial charge in [0, 0.05) is 10.8 Å². The second-order valence-corrected chi connectivity index (χ2v) is 6.13. The largest absolute Gasteiger partial charge is 0.126 e. The summed E-state index contributed by atoms with van der Waals surface area (Å²) in [5.41, 5.74) is 2.74. The molecule has 2 rings (SSSR count). The van der Waals surface area contributed by atoms with Crippen molar-refractivity contribution in [1.82, 2.24) is 0 Å². The molecule has 0 aliphatic heterocycles. The van der Waals surface area contributed by atoms with Gasteiger partial charge in [-0.2, -0.15) is 0 Å². The van der Waals surface area contributed by atoms with E-state index in [0.29, 0.717) is 11.8 Å². The standard InChI is InChI=1S/C17H19ClS/c1-14-7-5-6-10-17(14)15(13-18)11-12-19-16-8-3-2-4-9-16/h2-10,15H,11-13H2,1H3. The smallest absolute Gasteiger partial charge is 0.0292 e. The van der Waals surface area contributed by atoms with Crippen molar-refractivity contribution in [2.75, 3.05) is 11.6 Å². The van der Waals surface area contributed by atoms with E-state index >= 15 is 0 Å². The van der Waals surface area contributed by atoms with Gasteiger partial charge in [-0.15, -0.1) is 23.4 Å².